The third-order valence-electron chi connectivity index (χ3n) is 5.81. The minimum absolute atomic E-state index is 0.140. The van der Waals surface area contributed by atoms with Gasteiger partial charge in [-0.1, -0.05) is 23.8 Å². The highest BCUT2D eigenvalue weighted by Gasteiger charge is 2.27. The molecule has 0 amide bonds. The van der Waals surface area contributed by atoms with E-state index >= 15 is 0 Å². The summed E-state index contributed by atoms with van der Waals surface area (Å²) < 4.78 is 41.7. The van der Waals surface area contributed by atoms with Crippen LogP contribution in [0.4, 0.5) is 10.1 Å². The number of halogens is 1. The molecule has 3 aromatic rings. The van der Waals surface area contributed by atoms with Gasteiger partial charge >= 0.3 is 0 Å². The maximum absolute atomic E-state index is 13.2. The van der Waals surface area contributed by atoms with Gasteiger partial charge in [0.1, 0.15) is 5.82 Å². The zero-order chi connectivity index (χ0) is 22.6. The minimum Gasteiger partial charge on any atom is -0.369 e. The van der Waals surface area contributed by atoms with Crippen molar-refractivity contribution in [1.82, 2.24) is 14.6 Å². The Morgan fingerprint density at radius 2 is 1.69 bits per heavy atom. The van der Waals surface area contributed by atoms with Crippen LogP contribution in [0, 0.1) is 12.7 Å². The molecule has 1 atom stereocenters. The van der Waals surface area contributed by atoms with Crippen molar-refractivity contribution in [2.24, 2.45) is 0 Å². The Kier molecular flexibility index (Phi) is 6.83. The fraction of sp³-hybridized carbons (Fsp3) is 0.292. The molecule has 1 aliphatic heterocycles. The normalized spacial score (nSPS) is 16.1. The number of nitrogens with zero attached hydrogens (tertiary/aromatic N) is 3. The fourth-order valence-corrected chi connectivity index (χ4v) is 5.00. The Balaban J connectivity index is 1.47. The van der Waals surface area contributed by atoms with Gasteiger partial charge in [0, 0.05) is 50.8 Å². The van der Waals surface area contributed by atoms with Gasteiger partial charge in [-0.15, -0.1) is 0 Å². The van der Waals surface area contributed by atoms with Crippen molar-refractivity contribution in [1.29, 1.82) is 0 Å². The molecule has 1 aliphatic rings. The van der Waals surface area contributed by atoms with Gasteiger partial charge < -0.3 is 4.90 Å². The zero-order valence-corrected chi connectivity index (χ0v) is 18.8. The van der Waals surface area contributed by atoms with E-state index in [4.69, 9.17) is 0 Å². The van der Waals surface area contributed by atoms with Gasteiger partial charge in [0.25, 0.3) is 0 Å². The van der Waals surface area contributed by atoms with E-state index in [2.05, 4.69) is 19.5 Å². The summed E-state index contributed by atoms with van der Waals surface area (Å²) in [5.41, 5.74) is 2.97. The van der Waals surface area contributed by atoms with E-state index in [0.29, 0.717) is 0 Å². The molecule has 0 aliphatic carbocycles. The van der Waals surface area contributed by atoms with E-state index < -0.39 is 10.0 Å². The Labute approximate surface area is 188 Å². The molecule has 6 nitrogen and oxygen atoms in total. The summed E-state index contributed by atoms with van der Waals surface area (Å²) in [7, 11) is -3.62. The van der Waals surface area contributed by atoms with Crippen LogP contribution in [0.5, 0.6) is 0 Å². The number of aryl methyl sites for hydroxylation is 1. The number of sulfonamides is 1. The average Bonchev–Trinajstić information content (AvgIpc) is 2.81. The number of rotatable bonds is 7. The Morgan fingerprint density at radius 3 is 2.31 bits per heavy atom. The lowest BCUT2D eigenvalue weighted by Crippen LogP contribution is -2.50. The van der Waals surface area contributed by atoms with Crippen LogP contribution in [-0.2, 0) is 10.0 Å². The summed E-state index contributed by atoms with van der Waals surface area (Å²) in [6.07, 6.45) is 3.50. The molecule has 4 rings (SSSR count). The number of anilines is 1. The number of hydrogen-bond donors (Lipinski definition) is 1. The third kappa shape index (κ3) is 5.32. The van der Waals surface area contributed by atoms with Gasteiger partial charge in [-0.25, -0.2) is 17.5 Å². The summed E-state index contributed by atoms with van der Waals surface area (Å²) >= 11 is 0. The molecular weight excluding hydrogens is 427 g/mol. The van der Waals surface area contributed by atoms with Crippen LogP contribution in [-0.4, -0.2) is 51.0 Å². The SMILES string of the molecule is Cc1ccc(S(=O)(=O)NC[C@H](c2cccnc2)N2CCN(c3ccc(F)cc3)CC2)cc1. The maximum Gasteiger partial charge on any atom is 0.240 e. The van der Waals surface area contributed by atoms with Crippen LogP contribution in [0.15, 0.2) is 78.0 Å². The number of pyridine rings is 1. The van der Waals surface area contributed by atoms with Crippen LogP contribution in [0.3, 0.4) is 0 Å². The lowest BCUT2D eigenvalue weighted by Gasteiger charge is -2.40. The molecule has 1 N–H and O–H groups in total. The van der Waals surface area contributed by atoms with Crippen molar-refractivity contribution in [3.05, 3.63) is 90.0 Å². The van der Waals surface area contributed by atoms with Crippen LogP contribution in [0.25, 0.3) is 0 Å². The molecule has 8 heteroatoms. The molecule has 2 aromatic carbocycles. The average molecular weight is 455 g/mol. The first-order valence-electron chi connectivity index (χ1n) is 10.6. The van der Waals surface area contributed by atoms with Crippen LogP contribution < -0.4 is 9.62 Å². The van der Waals surface area contributed by atoms with E-state index in [0.717, 1.165) is 43.0 Å². The summed E-state index contributed by atoms with van der Waals surface area (Å²) in [6.45, 7) is 5.22. The van der Waals surface area contributed by atoms with Crippen molar-refractivity contribution in [2.45, 2.75) is 17.9 Å². The van der Waals surface area contributed by atoms with E-state index in [1.54, 1.807) is 48.8 Å². The fourth-order valence-electron chi connectivity index (χ4n) is 3.96. The van der Waals surface area contributed by atoms with Crippen LogP contribution in [0.1, 0.15) is 17.2 Å². The van der Waals surface area contributed by atoms with E-state index in [-0.39, 0.29) is 23.3 Å². The van der Waals surface area contributed by atoms with Gasteiger partial charge in [0.15, 0.2) is 0 Å². The lowest BCUT2D eigenvalue weighted by atomic mass is 10.1. The Morgan fingerprint density at radius 1 is 1.00 bits per heavy atom. The number of piperazine rings is 1. The topological polar surface area (TPSA) is 65.5 Å². The largest absolute Gasteiger partial charge is 0.369 e. The molecule has 0 spiro atoms. The molecule has 1 saturated heterocycles. The van der Waals surface area contributed by atoms with Gasteiger partial charge in [-0.2, -0.15) is 0 Å². The second kappa shape index (κ2) is 9.77. The molecule has 0 unspecified atom stereocenters. The van der Waals surface area contributed by atoms with Crippen molar-refractivity contribution in [3.63, 3.8) is 0 Å². The minimum atomic E-state index is -3.62. The number of benzene rings is 2. The predicted molar refractivity (Wildman–Crippen MR) is 124 cm³/mol. The molecule has 0 saturated carbocycles. The van der Waals surface area contributed by atoms with E-state index in [9.17, 15) is 12.8 Å². The molecule has 168 valence electrons. The van der Waals surface area contributed by atoms with Gasteiger partial charge in [0.05, 0.1) is 10.9 Å². The number of hydrogen-bond acceptors (Lipinski definition) is 5. The summed E-state index contributed by atoms with van der Waals surface area (Å²) in [4.78, 5) is 8.98. The lowest BCUT2D eigenvalue weighted by molar-refractivity contribution is 0.186. The number of aromatic nitrogens is 1. The molecule has 0 bridgehead atoms. The molecular formula is C24H27FN4O2S. The van der Waals surface area contributed by atoms with Crippen molar-refractivity contribution >= 4 is 15.7 Å². The second-order valence-corrected chi connectivity index (χ2v) is 9.73. The predicted octanol–water partition coefficient (Wildman–Crippen LogP) is 3.37. The van der Waals surface area contributed by atoms with Gasteiger partial charge in [-0.3, -0.25) is 9.88 Å². The monoisotopic (exact) mass is 454 g/mol. The quantitative estimate of drug-likeness (QED) is 0.593. The summed E-state index contributed by atoms with van der Waals surface area (Å²) in [5, 5.41) is 0. The molecule has 1 fully saturated rings. The standard InChI is InChI=1S/C24H27FN4O2S/c1-19-4-10-23(11-5-19)32(30,31)27-18-24(20-3-2-12-26-17-20)29-15-13-28(14-16-29)22-8-6-21(25)7-9-22/h2-12,17,24,27H,13-16,18H2,1H3/t24-/m1/s1. The zero-order valence-electron chi connectivity index (χ0n) is 18.0. The van der Waals surface area contributed by atoms with Crippen LogP contribution in [0.2, 0.25) is 0 Å². The highest BCUT2D eigenvalue weighted by Crippen LogP contribution is 2.24. The Hall–Kier alpha value is -2.81. The maximum atomic E-state index is 13.2. The first-order chi connectivity index (χ1) is 15.4. The van der Waals surface area contributed by atoms with E-state index in [1.165, 1.54) is 12.1 Å². The van der Waals surface area contributed by atoms with Crippen molar-refractivity contribution in [3.8, 4) is 0 Å². The highest BCUT2D eigenvalue weighted by molar-refractivity contribution is 7.89. The first-order valence-corrected chi connectivity index (χ1v) is 12.1. The summed E-state index contributed by atoms with van der Waals surface area (Å²) in [5.74, 6) is -0.245. The molecule has 2 heterocycles. The highest BCUT2D eigenvalue weighted by atomic mass is 32.2. The number of nitrogens with one attached hydrogen (secondary N) is 1. The van der Waals surface area contributed by atoms with Gasteiger partial charge in [0.2, 0.25) is 10.0 Å². The van der Waals surface area contributed by atoms with Crippen molar-refractivity contribution in [2.75, 3.05) is 37.6 Å². The van der Waals surface area contributed by atoms with Crippen LogP contribution >= 0.6 is 0 Å². The summed E-state index contributed by atoms with van der Waals surface area (Å²) in [6, 6.07) is 17.1. The first kappa shape index (κ1) is 22.4. The Bertz CT molecular complexity index is 1110. The second-order valence-electron chi connectivity index (χ2n) is 7.97. The molecule has 1 aromatic heterocycles. The third-order valence-corrected chi connectivity index (χ3v) is 7.25. The smallest absolute Gasteiger partial charge is 0.240 e. The van der Waals surface area contributed by atoms with Crippen molar-refractivity contribution < 1.29 is 12.8 Å². The molecule has 32 heavy (non-hydrogen) atoms. The molecule has 0 radical (unpaired) electrons. The van der Waals surface area contributed by atoms with Gasteiger partial charge in [-0.05, 0) is 55.0 Å². The van der Waals surface area contributed by atoms with E-state index in [1.807, 2.05) is 19.1 Å².